The van der Waals surface area contributed by atoms with E-state index in [1.165, 1.54) is 31.0 Å². The summed E-state index contributed by atoms with van der Waals surface area (Å²) in [4.78, 5) is 2.10. The maximum absolute atomic E-state index is 14.6. The van der Waals surface area contributed by atoms with Gasteiger partial charge in [-0.15, -0.1) is 0 Å². The van der Waals surface area contributed by atoms with E-state index >= 15 is 0 Å². The number of halogens is 3. The second-order valence-electron chi connectivity index (χ2n) is 10.7. The minimum atomic E-state index is -0.558. The maximum Gasteiger partial charge on any atom is 0.165 e. The van der Waals surface area contributed by atoms with Gasteiger partial charge in [-0.1, -0.05) is 54.1 Å². The molecule has 0 aromatic heterocycles. The van der Waals surface area contributed by atoms with Gasteiger partial charge in [0.05, 0.1) is 21.3 Å². The smallest absolute Gasteiger partial charge is 0.165 e. The van der Waals surface area contributed by atoms with Crippen molar-refractivity contribution in [2.45, 2.75) is 40.0 Å². The summed E-state index contributed by atoms with van der Waals surface area (Å²) in [6.45, 7) is 10.0. The number of ether oxygens (including phenoxy) is 3. The van der Waals surface area contributed by atoms with Gasteiger partial charge < -0.3 is 19.1 Å². The van der Waals surface area contributed by atoms with E-state index < -0.39 is 17.5 Å². The summed E-state index contributed by atoms with van der Waals surface area (Å²) in [5.41, 5.74) is 6.34. The first-order valence-corrected chi connectivity index (χ1v) is 14.6. The first-order valence-electron chi connectivity index (χ1n) is 14.6. The van der Waals surface area contributed by atoms with Crippen molar-refractivity contribution >= 4 is 5.69 Å². The molecule has 0 unspecified atom stereocenters. The molecule has 45 heavy (non-hydrogen) atoms. The number of hydrogen-bond acceptors (Lipinski definition) is 4. The van der Waals surface area contributed by atoms with Crippen molar-refractivity contribution in [1.29, 1.82) is 0 Å². The van der Waals surface area contributed by atoms with Crippen LogP contribution >= 0.6 is 0 Å². The van der Waals surface area contributed by atoms with E-state index in [-0.39, 0.29) is 17.7 Å². The molecule has 4 nitrogen and oxygen atoms in total. The Morgan fingerprint density at radius 2 is 1.38 bits per heavy atom. The Hall–Kier alpha value is -4.65. The van der Waals surface area contributed by atoms with E-state index in [0.717, 1.165) is 39.4 Å². The molecule has 0 aliphatic carbocycles. The highest BCUT2D eigenvalue weighted by Gasteiger charge is 2.14. The Kier molecular flexibility index (Phi) is 12.7. The Bertz CT molecular complexity index is 1610. The van der Waals surface area contributed by atoms with Crippen molar-refractivity contribution in [1.82, 2.24) is 0 Å². The standard InChI is InChI=1S/C25H23F3O.C13H19NO2/c1-16-4-8-19(9-5-16)20-14-23(27)21(24(28)15-20)10-6-17(2)12-18-7-11-22(26)25(13-18)29-3;1-6-10(2)14(3)11-7-8-12(15-4)13(9-11)16-5/h4-5,7-9,11,13-15H,2,6,10,12H2,1,3H3;6-9H,1-5H3/b;10-6+. The molecule has 0 N–H and O–H groups in total. The van der Waals surface area contributed by atoms with Crippen molar-refractivity contribution in [2.24, 2.45) is 0 Å². The summed E-state index contributed by atoms with van der Waals surface area (Å²) in [6.07, 6.45) is 3.19. The summed E-state index contributed by atoms with van der Waals surface area (Å²) in [5, 5.41) is 0. The van der Waals surface area contributed by atoms with Gasteiger partial charge in [0, 0.05) is 30.1 Å². The monoisotopic (exact) mass is 617 g/mol. The fourth-order valence-electron chi connectivity index (χ4n) is 4.68. The molecule has 0 heterocycles. The van der Waals surface area contributed by atoms with Crippen LogP contribution in [0.5, 0.6) is 17.2 Å². The lowest BCUT2D eigenvalue weighted by Crippen LogP contribution is -2.13. The molecular weight excluding hydrogens is 575 g/mol. The van der Waals surface area contributed by atoms with Crippen molar-refractivity contribution < 1.29 is 27.4 Å². The third-order valence-corrected chi connectivity index (χ3v) is 7.63. The number of rotatable bonds is 11. The van der Waals surface area contributed by atoms with Crippen LogP contribution in [0.4, 0.5) is 18.9 Å². The molecule has 0 saturated heterocycles. The number of anilines is 1. The van der Waals surface area contributed by atoms with Gasteiger partial charge in [0.2, 0.25) is 0 Å². The van der Waals surface area contributed by atoms with E-state index in [0.29, 0.717) is 18.4 Å². The number of allylic oxidation sites excluding steroid dienone is 3. The third kappa shape index (κ3) is 9.42. The van der Waals surface area contributed by atoms with Gasteiger partial charge >= 0.3 is 0 Å². The molecule has 0 fully saturated rings. The van der Waals surface area contributed by atoms with Gasteiger partial charge in [-0.2, -0.15) is 0 Å². The number of hydrogen-bond donors (Lipinski definition) is 0. The van der Waals surface area contributed by atoms with Crippen LogP contribution in [0.15, 0.2) is 96.7 Å². The minimum absolute atomic E-state index is 0.0544. The van der Waals surface area contributed by atoms with E-state index in [4.69, 9.17) is 14.2 Å². The molecular formula is C38H42F3NO3. The van der Waals surface area contributed by atoms with E-state index in [2.05, 4.69) is 24.5 Å². The molecule has 4 aromatic carbocycles. The lowest BCUT2D eigenvalue weighted by Gasteiger charge is -2.21. The molecule has 0 spiro atoms. The Morgan fingerprint density at radius 1 is 0.756 bits per heavy atom. The van der Waals surface area contributed by atoms with Crippen LogP contribution in [0.25, 0.3) is 11.1 Å². The van der Waals surface area contributed by atoms with E-state index in [1.54, 1.807) is 26.4 Å². The SMILES string of the molecule is C/C=C(\C)N(C)c1ccc(OC)c(OC)c1.C=C(CCc1c(F)cc(-c2ccc(C)cc2)cc1F)Cc1ccc(F)c(OC)c1. The number of nitrogens with zero attached hydrogens (tertiary/aromatic N) is 1. The Labute approximate surface area is 265 Å². The summed E-state index contributed by atoms with van der Waals surface area (Å²) < 4.78 is 58.1. The van der Waals surface area contributed by atoms with Crippen molar-refractivity contribution in [3.8, 4) is 28.4 Å². The van der Waals surface area contributed by atoms with Gasteiger partial charge in [-0.25, -0.2) is 13.2 Å². The first kappa shape index (κ1) is 34.8. The number of methoxy groups -OCH3 is 3. The van der Waals surface area contributed by atoms with Gasteiger partial charge in [-0.05, 0) is 93.1 Å². The molecule has 4 aromatic rings. The van der Waals surface area contributed by atoms with Crippen molar-refractivity contribution in [2.75, 3.05) is 33.3 Å². The lowest BCUT2D eigenvalue weighted by atomic mass is 9.96. The highest BCUT2D eigenvalue weighted by molar-refractivity contribution is 5.64. The van der Waals surface area contributed by atoms with Gasteiger partial charge in [0.25, 0.3) is 0 Å². The number of benzene rings is 4. The Balaban J connectivity index is 0.000000292. The predicted octanol–water partition coefficient (Wildman–Crippen LogP) is 9.88. The molecule has 0 bridgehead atoms. The summed E-state index contributed by atoms with van der Waals surface area (Å²) >= 11 is 0. The zero-order chi connectivity index (χ0) is 33.1. The fraction of sp³-hybridized carbons (Fsp3) is 0.263. The zero-order valence-corrected chi connectivity index (χ0v) is 27.1. The van der Waals surface area contributed by atoms with Crippen molar-refractivity contribution in [3.05, 3.63) is 131 Å². The van der Waals surface area contributed by atoms with Crippen LogP contribution in [-0.2, 0) is 12.8 Å². The molecule has 0 amide bonds. The average molecular weight is 618 g/mol. The van der Waals surface area contributed by atoms with E-state index in [1.807, 2.05) is 63.4 Å². The topological polar surface area (TPSA) is 30.9 Å². The molecule has 7 heteroatoms. The van der Waals surface area contributed by atoms with Crippen LogP contribution < -0.4 is 19.1 Å². The second-order valence-corrected chi connectivity index (χ2v) is 10.7. The van der Waals surface area contributed by atoms with E-state index in [9.17, 15) is 13.2 Å². The minimum Gasteiger partial charge on any atom is -0.494 e. The van der Waals surface area contributed by atoms with Gasteiger partial charge in [0.15, 0.2) is 23.1 Å². The van der Waals surface area contributed by atoms with Crippen LogP contribution in [0.2, 0.25) is 0 Å². The maximum atomic E-state index is 14.6. The molecule has 0 radical (unpaired) electrons. The van der Waals surface area contributed by atoms with Crippen LogP contribution in [0, 0.1) is 24.4 Å². The largest absolute Gasteiger partial charge is 0.494 e. The van der Waals surface area contributed by atoms with Crippen LogP contribution in [-0.4, -0.2) is 28.4 Å². The predicted molar refractivity (Wildman–Crippen MR) is 178 cm³/mol. The summed E-state index contributed by atoms with van der Waals surface area (Å²) in [7, 11) is 6.71. The molecule has 4 rings (SSSR count). The summed E-state index contributed by atoms with van der Waals surface area (Å²) in [5.74, 6) is 0.112. The summed E-state index contributed by atoms with van der Waals surface area (Å²) in [6, 6.07) is 20.7. The third-order valence-electron chi connectivity index (χ3n) is 7.63. The quantitative estimate of drug-likeness (QED) is 0.157. The van der Waals surface area contributed by atoms with Crippen LogP contribution in [0.1, 0.15) is 37.0 Å². The number of aryl methyl sites for hydroxylation is 1. The molecule has 0 atom stereocenters. The molecule has 0 aliphatic rings. The molecule has 238 valence electrons. The molecule has 0 saturated carbocycles. The lowest BCUT2D eigenvalue weighted by molar-refractivity contribution is 0.355. The van der Waals surface area contributed by atoms with Gasteiger partial charge in [0.1, 0.15) is 11.6 Å². The first-order chi connectivity index (χ1) is 21.5. The van der Waals surface area contributed by atoms with Crippen LogP contribution in [0.3, 0.4) is 0 Å². The highest BCUT2D eigenvalue weighted by atomic mass is 19.1. The molecule has 0 aliphatic heterocycles. The normalized spacial score (nSPS) is 10.9. The average Bonchev–Trinajstić information content (AvgIpc) is 3.04. The second kappa shape index (κ2) is 16.4. The van der Waals surface area contributed by atoms with Crippen molar-refractivity contribution in [3.63, 3.8) is 0 Å². The highest BCUT2D eigenvalue weighted by Crippen LogP contribution is 2.32. The zero-order valence-electron chi connectivity index (χ0n) is 27.1. The fourth-order valence-corrected chi connectivity index (χ4v) is 4.68. The van der Waals surface area contributed by atoms with Gasteiger partial charge in [-0.3, -0.25) is 0 Å². The Morgan fingerprint density at radius 3 is 1.96 bits per heavy atom.